The molecule has 2 rings (SSSR count). The van der Waals surface area contributed by atoms with Crippen LogP contribution in [0.5, 0.6) is 0 Å². The highest BCUT2D eigenvalue weighted by Crippen LogP contribution is 2.09. The maximum atomic E-state index is 9.36. The molecule has 1 aromatic carbocycles. The van der Waals surface area contributed by atoms with Crippen molar-refractivity contribution < 1.29 is 5.11 Å². The Morgan fingerprint density at radius 3 is 2.44 bits per heavy atom. The SMILES string of the molecule is Cl.Cl.O[C@H]1CCN(CCc2ccccc2)C1. The van der Waals surface area contributed by atoms with Gasteiger partial charge in [-0.15, -0.1) is 24.8 Å². The third-order valence-electron chi connectivity index (χ3n) is 2.81. The largest absolute Gasteiger partial charge is 0.392 e. The molecule has 0 unspecified atom stereocenters. The van der Waals surface area contributed by atoms with Gasteiger partial charge in [0.1, 0.15) is 0 Å². The van der Waals surface area contributed by atoms with Gasteiger partial charge in [-0.1, -0.05) is 30.3 Å². The standard InChI is InChI=1S/C12H17NO.2ClH/c14-12-7-9-13(10-12)8-6-11-4-2-1-3-5-11;;/h1-5,12,14H,6-10H2;2*1H/t12-;;/m0../s1. The van der Waals surface area contributed by atoms with Crippen molar-refractivity contribution in [3.63, 3.8) is 0 Å². The van der Waals surface area contributed by atoms with Crippen LogP contribution in [0.4, 0.5) is 0 Å². The molecule has 92 valence electrons. The lowest BCUT2D eigenvalue weighted by Crippen LogP contribution is -2.24. The van der Waals surface area contributed by atoms with Gasteiger partial charge in [-0.2, -0.15) is 0 Å². The van der Waals surface area contributed by atoms with Crippen LogP contribution in [0.3, 0.4) is 0 Å². The van der Waals surface area contributed by atoms with E-state index in [2.05, 4.69) is 29.2 Å². The number of rotatable bonds is 3. The van der Waals surface area contributed by atoms with Crippen molar-refractivity contribution in [2.75, 3.05) is 19.6 Å². The minimum Gasteiger partial charge on any atom is -0.392 e. The first kappa shape index (κ1) is 15.7. The van der Waals surface area contributed by atoms with Crippen LogP contribution in [0.15, 0.2) is 30.3 Å². The summed E-state index contributed by atoms with van der Waals surface area (Å²) < 4.78 is 0. The molecule has 0 bridgehead atoms. The highest BCUT2D eigenvalue weighted by atomic mass is 35.5. The van der Waals surface area contributed by atoms with E-state index in [9.17, 15) is 5.11 Å². The number of halogens is 2. The van der Waals surface area contributed by atoms with E-state index in [0.717, 1.165) is 32.5 Å². The Labute approximate surface area is 109 Å². The molecule has 0 saturated carbocycles. The van der Waals surface area contributed by atoms with Gasteiger partial charge in [0.15, 0.2) is 0 Å². The molecule has 0 radical (unpaired) electrons. The normalized spacial score (nSPS) is 19.9. The Morgan fingerprint density at radius 2 is 1.88 bits per heavy atom. The number of hydrogen-bond donors (Lipinski definition) is 1. The van der Waals surface area contributed by atoms with Crippen LogP contribution in [0.2, 0.25) is 0 Å². The second kappa shape index (κ2) is 7.91. The van der Waals surface area contributed by atoms with Crippen molar-refractivity contribution in [1.29, 1.82) is 0 Å². The van der Waals surface area contributed by atoms with Gasteiger partial charge in [0.25, 0.3) is 0 Å². The quantitative estimate of drug-likeness (QED) is 0.904. The van der Waals surface area contributed by atoms with E-state index in [-0.39, 0.29) is 30.9 Å². The topological polar surface area (TPSA) is 23.5 Å². The summed E-state index contributed by atoms with van der Waals surface area (Å²) in [4.78, 5) is 2.33. The number of β-amino-alcohol motifs (C(OH)–C–C–N with tert-alkyl or cyclic N) is 1. The fourth-order valence-corrected chi connectivity index (χ4v) is 1.95. The predicted molar refractivity (Wildman–Crippen MR) is 71.7 cm³/mol. The van der Waals surface area contributed by atoms with Crippen LogP contribution in [0.25, 0.3) is 0 Å². The molecule has 0 aromatic heterocycles. The molecule has 1 fully saturated rings. The van der Waals surface area contributed by atoms with E-state index >= 15 is 0 Å². The summed E-state index contributed by atoms with van der Waals surface area (Å²) in [6.45, 7) is 2.97. The fraction of sp³-hybridized carbons (Fsp3) is 0.500. The van der Waals surface area contributed by atoms with E-state index in [1.165, 1.54) is 5.56 Å². The zero-order chi connectivity index (χ0) is 9.80. The van der Waals surface area contributed by atoms with Crippen molar-refractivity contribution in [2.24, 2.45) is 0 Å². The van der Waals surface area contributed by atoms with E-state index in [4.69, 9.17) is 0 Å². The van der Waals surface area contributed by atoms with Gasteiger partial charge in [-0.05, 0) is 18.4 Å². The number of nitrogens with zero attached hydrogens (tertiary/aromatic N) is 1. The molecule has 2 nitrogen and oxygen atoms in total. The summed E-state index contributed by atoms with van der Waals surface area (Å²) in [5, 5.41) is 9.36. The molecule has 1 aliphatic heterocycles. The van der Waals surface area contributed by atoms with Gasteiger partial charge in [-0.25, -0.2) is 0 Å². The molecule has 1 aliphatic rings. The summed E-state index contributed by atoms with van der Waals surface area (Å²) in [7, 11) is 0. The van der Waals surface area contributed by atoms with Crippen LogP contribution in [-0.2, 0) is 6.42 Å². The Hall–Kier alpha value is -0.280. The lowest BCUT2D eigenvalue weighted by atomic mass is 10.1. The van der Waals surface area contributed by atoms with Crippen LogP contribution in [-0.4, -0.2) is 35.7 Å². The summed E-state index contributed by atoms with van der Waals surface area (Å²) >= 11 is 0. The Morgan fingerprint density at radius 1 is 1.19 bits per heavy atom. The van der Waals surface area contributed by atoms with Crippen molar-refractivity contribution in [3.8, 4) is 0 Å². The van der Waals surface area contributed by atoms with Gasteiger partial charge in [-0.3, -0.25) is 0 Å². The van der Waals surface area contributed by atoms with Gasteiger partial charge in [0, 0.05) is 19.6 Å². The smallest absolute Gasteiger partial charge is 0.0679 e. The van der Waals surface area contributed by atoms with Gasteiger partial charge >= 0.3 is 0 Å². The summed E-state index contributed by atoms with van der Waals surface area (Å²) in [6, 6.07) is 10.5. The molecule has 0 aliphatic carbocycles. The Balaban J connectivity index is 0.00000112. The Kier molecular flexibility index (Phi) is 7.77. The first-order valence-corrected chi connectivity index (χ1v) is 5.29. The predicted octanol–water partition coefficient (Wildman–Crippen LogP) is 2.14. The third kappa shape index (κ3) is 4.71. The molecule has 1 saturated heterocycles. The third-order valence-corrected chi connectivity index (χ3v) is 2.81. The van der Waals surface area contributed by atoms with Crippen molar-refractivity contribution in [1.82, 2.24) is 4.90 Å². The van der Waals surface area contributed by atoms with Crippen molar-refractivity contribution in [3.05, 3.63) is 35.9 Å². The average Bonchev–Trinajstić information content (AvgIpc) is 2.63. The number of hydrogen-bond acceptors (Lipinski definition) is 2. The summed E-state index contributed by atoms with van der Waals surface area (Å²) in [6.07, 6.45) is 1.94. The Bertz CT molecular complexity index is 282. The molecule has 0 amide bonds. The maximum absolute atomic E-state index is 9.36. The number of aliphatic hydroxyl groups excluding tert-OH is 1. The van der Waals surface area contributed by atoms with E-state index < -0.39 is 0 Å². The van der Waals surface area contributed by atoms with E-state index in [0.29, 0.717) is 0 Å². The molecule has 4 heteroatoms. The molecule has 0 spiro atoms. The molecular weight excluding hydrogens is 245 g/mol. The zero-order valence-corrected chi connectivity index (χ0v) is 10.8. The second-order valence-electron chi connectivity index (χ2n) is 3.98. The lowest BCUT2D eigenvalue weighted by Gasteiger charge is -2.14. The van der Waals surface area contributed by atoms with Crippen LogP contribution < -0.4 is 0 Å². The van der Waals surface area contributed by atoms with Crippen LogP contribution in [0, 0.1) is 0 Å². The lowest BCUT2D eigenvalue weighted by molar-refractivity contribution is 0.177. The van der Waals surface area contributed by atoms with Crippen LogP contribution >= 0.6 is 24.8 Å². The number of benzene rings is 1. The first-order valence-electron chi connectivity index (χ1n) is 5.29. The monoisotopic (exact) mass is 263 g/mol. The maximum Gasteiger partial charge on any atom is 0.0679 e. The highest BCUT2D eigenvalue weighted by Gasteiger charge is 2.19. The molecule has 1 heterocycles. The second-order valence-corrected chi connectivity index (χ2v) is 3.98. The highest BCUT2D eigenvalue weighted by molar-refractivity contribution is 5.85. The average molecular weight is 264 g/mol. The minimum absolute atomic E-state index is 0. The van der Waals surface area contributed by atoms with Gasteiger partial charge < -0.3 is 10.0 Å². The van der Waals surface area contributed by atoms with Gasteiger partial charge in [0.2, 0.25) is 0 Å². The molecule has 1 atom stereocenters. The summed E-state index contributed by atoms with van der Waals surface area (Å²) in [5.74, 6) is 0. The number of likely N-dealkylation sites (tertiary alicyclic amines) is 1. The first-order chi connectivity index (χ1) is 6.84. The zero-order valence-electron chi connectivity index (χ0n) is 9.21. The summed E-state index contributed by atoms with van der Waals surface area (Å²) in [5.41, 5.74) is 1.38. The molecule has 1 aromatic rings. The van der Waals surface area contributed by atoms with Gasteiger partial charge in [0.05, 0.1) is 6.10 Å². The van der Waals surface area contributed by atoms with Crippen LogP contribution in [0.1, 0.15) is 12.0 Å². The van der Waals surface area contributed by atoms with E-state index in [1.54, 1.807) is 0 Å². The van der Waals surface area contributed by atoms with Crippen molar-refractivity contribution >= 4 is 24.8 Å². The number of aliphatic hydroxyl groups is 1. The van der Waals surface area contributed by atoms with Crippen molar-refractivity contribution in [2.45, 2.75) is 18.9 Å². The fourth-order valence-electron chi connectivity index (χ4n) is 1.95. The van der Waals surface area contributed by atoms with E-state index in [1.807, 2.05) is 6.07 Å². The molecular formula is C12H19Cl2NO. The minimum atomic E-state index is -0.0919. The molecule has 1 N–H and O–H groups in total. The molecule has 16 heavy (non-hydrogen) atoms.